The van der Waals surface area contributed by atoms with Crippen LogP contribution in [0.4, 0.5) is 5.82 Å². The number of carbonyl (C=O) groups is 1. The van der Waals surface area contributed by atoms with E-state index >= 15 is 0 Å². The summed E-state index contributed by atoms with van der Waals surface area (Å²) in [6.45, 7) is 1.99. The van der Waals surface area contributed by atoms with Gasteiger partial charge in [0, 0.05) is 7.05 Å². The monoisotopic (exact) mass is 309 g/mol. The molecular formula is C11H12BrN5O. The van der Waals surface area contributed by atoms with Crippen molar-refractivity contribution in [1.82, 2.24) is 19.7 Å². The standard InChI is InChI=1S/C11H12BrN5O/c1-3-7-4-8(17(2)16-7)11(18)15-10-6-13-9(12)5-14-10/h4-6H,3H2,1-2H3,(H,14,15,18). The molecule has 0 unspecified atom stereocenters. The van der Waals surface area contributed by atoms with Gasteiger partial charge in [-0.3, -0.25) is 9.48 Å². The molecule has 0 aromatic carbocycles. The van der Waals surface area contributed by atoms with E-state index in [1.165, 1.54) is 12.4 Å². The maximum Gasteiger partial charge on any atom is 0.275 e. The first-order valence-corrected chi connectivity index (χ1v) is 6.21. The van der Waals surface area contributed by atoms with Crippen molar-refractivity contribution in [2.24, 2.45) is 7.05 Å². The van der Waals surface area contributed by atoms with Crippen LogP contribution < -0.4 is 5.32 Å². The van der Waals surface area contributed by atoms with Crippen molar-refractivity contribution < 1.29 is 4.79 Å². The molecule has 0 bridgehead atoms. The van der Waals surface area contributed by atoms with Crippen molar-refractivity contribution >= 4 is 27.7 Å². The minimum Gasteiger partial charge on any atom is -0.304 e. The van der Waals surface area contributed by atoms with E-state index in [0.717, 1.165) is 12.1 Å². The van der Waals surface area contributed by atoms with Crippen molar-refractivity contribution in [2.75, 3.05) is 5.32 Å². The summed E-state index contributed by atoms with van der Waals surface area (Å²) < 4.78 is 2.18. The van der Waals surface area contributed by atoms with Gasteiger partial charge < -0.3 is 5.32 Å². The van der Waals surface area contributed by atoms with E-state index in [2.05, 4.69) is 36.3 Å². The van der Waals surface area contributed by atoms with Crippen LogP contribution in [0.3, 0.4) is 0 Å². The Balaban J connectivity index is 2.16. The van der Waals surface area contributed by atoms with Gasteiger partial charge in [0.2, 0.25) is 0 Å². The summed E-state index contributed by atoms with van der Waals surface area (Å²) in [4.78, 5) is 20.0. The lowest BCUT2D eigenvalue weighted by atomic mass is 10.3. The molecule has 1 amide bonds. The SMILES string of the molecule is CCc1cc(C(=O)Nc2cnc(Br)cn2)n(C)n1. The second-order valence-corrected chi connectivity index (χ2v) is 4.49. The maximum atomic E-state index is 12.0. The van der Waals surface area contributed by atoms with Gasteiger partial charge >= 0.3 is 0 Å². The third-order valence-corrected chi connectivity index (χ3v) is 2.80. The summed E-state index contributed by atoms with van der Waals surface area (Å²) in [5, 5.41) is 6.89. The van der Waals surface area contributed by atoms with Gasteiger partial charge in [-0.1, -0.05) is 6.92 Å². The largest absolute Gasteiger partial charge is 0.304 e. The molecule has 7 heteroatoms. The van der Waals surface area contributed by atoms with Gasteiger partial charge in [0.25, 0.3) is 5.91 Å². The molecule has 0 aliphatic carbocycles. The highest BCUT2D eigenvalue weighted by molar-refractivity contribution is 9.10. The predicted octanol–water partition coefficient (Wildman–Crippen LogP) is 1.79. The first-order valence-electron chi connectivity index (χ1n) is 5.42. The highest BCUT2D eigenvalue weighted by atomic mass is 79.9. The Hall–Kier alpha value is -1.76. The lowest BCUT2D eigenvalue weighted by molar-refractivity contribution is 0.101. The third-order valence-electron chi connectivity index (χ3n) is 2.39. The minimum absolute atomic E-state index is 0.249. The van der Waals surface area contributed by atoms with Crippen LogP contribution in [0.1, 0.15) is 23.1 Å². The van der Waals surface area contributed by atoms with Crippen LogP contribution in [0.25, 0.3) is 0 Å². The van der Waals surface area contributed by atoms with Gasteiger partial charge in [-0.2, -0.15) is 5.10 Å². The number of carbonyl (C=O) groups excluding carboxylic acids is 1. The topological polar surface area (TPSA) is 72.7 Å². The molecule has 0 aliphatic heterocycles. The second kappa shape index (κ2) is 5.26. The molecule has 0 spiro atoms. The molecule has 1 N–H and O–H groups in total. The number of aryl methyl sites for hydroxylation is 2. The molecule has 0 saturated heterocycles. The van der Waals surface area contributed by atoms with E-state index in [1.54, 1.807) is 17.8 Å². The first kappa shape index (κ1) is 12.7. The number of nitrogens with zero attached hydrogens (tertiary/aromatic N) is 4. The molecule has 18 heavy (non-hydrogen) atoms. The average Bonchev–Trinajstić information content (AvgIpc) is 2.73. The fourth-order valence-electron chi connectivity index (χ4n) is 1.47. The predicted molar refractivity (Wildman–Crippen MR) is 70.3 cm³/mol. The van der Waals surface area contributed by atoms with Crippen LogP contribution >= 0.6 is 15.9 Å². The number of amides is 1. The lowest BCUT2D eigenvalue weighted by Crippen LogP contribution is -2.16. The van der Waals surface area contributed by atoms with Gasteiger partial charge in [0.15, 0.2) is 5.82 Å². The summed E-state index contributed by atoms with van der Waals surface area (Å²) in [7, 11) is 1.74. The summed E-state index contributed by atoms with van der Waals surface area (Å²) in [6.07, 6.45) is 3.80. The van der Waals surface area contributed by atoms with Crippen LogP contribution in [-0.4, -0.2) is 25.7 Å². The quantitative estimate of drug-likeness (QED) is 0.938. The summed E-state index contributed by atoms with van der Waals surface area (Å²) >= 11 is 3.18. The number of aromatic nitrogens is 4. The van der Waals surface area contributed by atoms with E-state index in [4.69, 9.17) is 0 Å². The number of hydrogen-bond acceptors (Lipinski definition) is 4. The second-order valence-electron chi connectivity index (χ2n) is 3.68. The van der Waals surface area contributed by atoms with Crippen LogP contribution in [0.5, 0.6) is 0 Å². The third kappa shape index (κ3) is 2.73. The number of halogens is 1. The molecule has 6 nitrogen and oxygen atoms in total. The van der Waals surface area contributed by atoms with Gasteiger partial charge in [0.1, 0.15) is 10.3 Å². The fourth-order valence-corrected chi connectivity index (χ4v) is 1.67. The van der Waals surface area contributed by atoms with E-state index in [0.29, 0.717) is 16.1 Å². The molecule has 0 radical (unpaired) electrons. The van der Waals surface area contributed by atoms with Crippen LogP contribution in [-0.2, 0) is 13.5 Å². The zero-order valence-corrected chi connectivity index (χ0v) is 11.6. The normalized spacial score (nSPS) is 10.4. The van der Waals surface area contributed by atoms with Crippen molar-refractivity contribution in [3.8, 4) is 0 Å². The van der Waals surface area contributed by atoms with Crippen molar-refractivity contribution in [3.05, 3.63) is 34.5 Å². The highest BCUT2D eigenvalue weighted by Crippen LogP contribution is 2.09. The van der Waals surface area contributed by atoms with Crippen molar-refractivity contribution in [1.29, 1.82) is 0 Å². The molecule has 94 valence electrons. The first-order chi connectivity index (χ1) is 8.60. The molecular weight excluding hydrogens is 298 g/mol. The van der Waals surface area contributed by atoms with Gasteiger partial charge in [-0.05, 0) is 28.4 Å². The van der Waals surface area contributed by atoms with Gasteiger partial charge in [-0.15, -0.1) is 0 Å². The molecule has 0 fully saturated rings. The zero-order chi connectivity index (χ0) is 13.1. The molecule has 2 aromatic heterocycles. The molecule has 0 atom stereocenters. The Morgan fingerprint density at radius 3 is 2.78 bits per heavy atom. The number of hydrogen-bond donors (Lipinski definition) is 1. The summed E-state index contributed by atoms with van der Waals surface area (Å²) in [5.74, 6) is 0.156. The Morgan fingerprint density at radius 1 is 1.44 bits per heavy atom. The Morgan fingerprint density at radius 2 is 2.22 bits per heavy atom. The molecule has 2 aromatic rings. The summed E-state index contributed by atoms with van der Waals surface area (Å²) in [5.41, 5.74) is 1.38. The van der Waals surface area contributed by atoms with E-state index < -0.39 is 0 Å². The number of rotatable bonds is 3. The molecule has 2 heterocycles. The van der Waals surface area contributed by atoms with E-state index in [9.17, 15) is 4.79 Å². The fraction of sp³-hybridized carbons (Fsp3) is 0.273. The number of nitrogens with one attached hydrogen (secondary N) is 1. The maximum absolute atomic E-state index is 12.0. The number of anilines is 1. The molecule has 0 saturated carbocycles. The van der Waals surface area contributed by atoms with Crippen molar-refractivity contribution in [2.45, 2.75) is 13.3 Å². The Bertz CT molecular complexity index is 563. The molecule has 2 rings (SSSR count). The van der Waals surface area contributed by atoms with Crippen molar-refractivity contribution in [3.63, 3.8) is 0 Å². The van der Waals surface area contributed by atoms with Gasteiger partial charge in [-0.25, -0.2) is 9.97 Å². The van der Waals surface area contributed by atoms with Gasteiger partial charge in [0.05, 0.1) is 18.1 Å². The van der Waals surface area contributed by atoms with Crippen LogP contribution in [0.15, 0.2) is 23.1 Å². The van der Waals surface area contributed by atoms with Crippen LogP contribution in [0.2, 0.25) is 0 Å². The highest BCUT2D eigenvalue weighted by Gasteiger charge is 2.13. The lowest BCUT2D eigenvalue weighted by Gasteiger charge is -2.03. The molecule has 0 aliphatic rings. The Labute approximate surface area is 113 Å². The zero-order valence-electron chi connectivity index (χ0n) is 10.0. The Kier molecular flexibility index (Phi) is 3.71. The van der Waals surface area contributed by atoms with E-state index in [-0.39, 0.29) is 5.91 Å². The minimum atomic E-state index is -0.249. The smallest absolute Gasteiger partial charge is 0.275 e. The summed E-state index contributed by atoms with van der Waals surface area (Å²) in [6, 6.07) is 1.77. The van der Waals surface area contributed by atoms with E-state index in [1.807, 2.05) is 6.92 Å². The van der Waals surface area contributed by atoms with Crippen LogP contribution in [0, 0.1) is 0 Å². The average molecular weight is 310 g/mol.